The van der Waals surface area contributed by atoms with Crippen LogP contribution in [0.1, 0.15) is 25.3 Å². The fraction of sp³-hybridized carbons (Fsp3) is 0.462. The summed E-state index contributed by atoms with van der Waals surface area (Å²) in [5.41, 5.74) is 2.99. The molecule has 116 valence electrons. The van der Waals surface area contributed by atoms with Crippen LogP contribution in [0, 0.1) is 5.92 Å². The Balaban J connectivity index is 2.21. The number of aliphatic hydroxyl groups is 1. The molecule has 0 aliphatic heterocycles. The number of carbonyl (C=O) groups excluding carboxylic acids is 1. The molecule has 0 heterocycles. The Morgan fingerprint density at radius 3 is 2.52 bits per heavy atom. The van der Waals surface area contributed by atoms with Crippen molar-refractivity contribution in [3.63, 3.8) is 0 Å². The lowest BCUT2D eigenvalue weighted by molar-refractivity contribution is -0.137. The highest BCUT2D eigenvalue weighted by Gasteiger charge is 2.42. The summed E-state index contributed by atoms with van der Waals surface area (Å²) >= 11 is 2.97. The summed E-state index contributed by atoms with van der Waals surface area (Å²) in [7, 11) is 0. The van der Waals surface area contributed by atoms with Gasteiger partial charge in [0.15, 0.2) is 0 Å². The molecule has 1 aliphatic carbocycles. The van der Waals surface area contributed by atoms with Gasteiger partial charge in [0.1, 0.15) is 0 Å². The topological polar surface area (TPSA) is 75.3 Å². The highest BCUT2D eigenvalue weighted by Crippen LogP contribution is 2.41. The molecule has 0 radical (unpaired) electrons. The maximum absolute atomic E-state index is 12.8. The molecule has 21 heavy (non-hydrogen) atoms. The number of hydrogen-bond acceptors (Lipinski definition) is 3. The van der Waals surface area contributed by atoms with Gasteiger partial charge >= 0.3 is 6.18 Å². The molecule has 8 heteroatoms. The minimum absolute atomic E-state index is 0.0896. The number of halogens is 4. The smallest absolute Gasteiger partial charge is 0.397 e. The van der Waals surface area contributed by atoms with E-state index < -0.39 is 34.9 Å². The largest absolute Gasteiger partial charge is 0.418 e. The van der Waals surface area contributed by atoms with Gasteiger partial charge in [-0.25, -0.2) is 0 Å². The predicted molar refractivity (Wildman–Crippen MR) is 75.5 cm³/mol. The SMILES string of the molecule is C[C@]1(O)C[C@@H](C(=O)Nc2cc(Br)cc(C(F)(F)F)c2N)C1. The van der Waals surface area contributed by atoms with Crippen molar-refractivity contribution in [1.29, 1.82) is 0 Å². The Morgan fingerprint density at radius 2 is 2.05 bits per heavy atom. The quantitative estimate of drug-likeness (QED) is 0.703. The third-order valence-corrected chi connectivity index (χ3v) is 3.91. The van der Waals surface area contributed by atoms with Gasteiger partial charge in [0.05, 0.1) is 22.5 Å². The Labute approximate surface area is 127 Å². The molecule has 1 saturated carbocycles. The first-order valence-electron chi connectivity index (χ1n) is 6.19. The van der Waals surface area contributed by atoms with Crippen molar-refractivity contribution in [2.24, 2.45) is 5.92 Å². The van der Waals surface area contributed by atoms with Gasteiger partial charge < -0.3 is 16.2 Å². The fourth-order valence-electron chi connectivity index (χ4n) is 2.38. The first kappa shape index (κ1) is 16.1. The monoisotopic (exact) mass is 366 g/mol. The second-order valence-corrected chi connectivity index (χ2v) is 6.42. The summed E-state index contributed by atoms with van der Waals surface area (Å²) in [5.74, 6) is -0.868. The van der Waals surface area contributed by atoms with Crippen LogP contribution in [-0.4, -0.2) is 16.6 Å². The van der Waals surface area contributed by atoms with E-state index in [0.29, 0.717) is 0 Å². The first-order valence-corrected chi connectivity index (χ1v) is 6.98. The Kier molecular flexibility index (Phi) is 3.96. The maximum atomic E-state index is 12.8. The first-order chi connectivity index (χ1) is 9.49. The molecule has 0 atom stereocenters. The number of benzene rings is 1. The van der Waals surface area contributed by atoms with E-state index in [4.69, 9.17) is 5.73 Å². The lowest BCUT2D eigenvalue weighted by Gasteiger charge is -2.39. The van der Waals surface area contributed by atoms with E-state index in [9.17, 15) is 23.1 Å². The summed E-state index contributed by atoms with van der Waals surface area (Å²) in [4.78, 5) is 11.9. The van der Waals surface area contributed by atoms with Crippen LogP contribution in [0.4, 0.5) is 24.5 Å². The fourth-order valence-corrected chi connectivity index (χ4v) is 2.84. The van der Waals surface area contributed by atoms with Crippen LogP contribution in [-0.2, 0) is 11.0 Å². The lowest BCUT2D eigenvalue weighted by Crippen LogP contribution is -2.46. The van der Waals surface area contributed by atoms with Crippen LogP contribution in [0.15, 0.2) is 16.6 Å². The number of hydrogen-bond donors (Lipinski definition) is 3. The zero-order valence-corrected chi connectivity index (χ0v) is 12.7. The number of amides is 1. The Bertz CT molecular complexity index is 580. The molecule has 0 saturated heterocycles. The van der Waals surface area contributed by atoms with Gasteiger partial charge in [0, 0.05) is 10.4 Å². The number of carbonyl (C=O) groups is 1. The minimum atomic E-state index is -4.60. The number of nitrogens with two attached hydrogens (primary N) is 1. The minimum Gasteiger partial charge on any atom is -0.397 e. The zero-order chi connectivity index (χ0) is 16.0. The van der Waals surface area contributed by atoms with Crippen molar-refractivity contribution in [2.75, 3.05) is 11.1 Å². The van der Waals surface area contributed by atoms with Gasteiger partial charge in [-0.1, -0.05) is 15.9 Å². The second kappa shape index (κ2) is 5.17. The van der Waals surface area contributed by atoms with E-state index in [1.165, 1.54) is 6.07 Å². The number of anilines is 2. The van der Waals surface area contributed by atoms with Crippen LogP contribution < -0.4 is 11.1 Å². The van der Waals surface area contributed by atoms with Gasteiger partial charge in [0.2, 0.25) is 5.91 Å². The third kappa shape index (κ3) is 3.49. The predicted octanol–water partition coefficient (Wildman–Crippen LogP) is 3.15. The molecule has 4 N–H and O–H groups in total. The average Bonchev–Trinajstić information content (AvgIpc) is 2.28. The van der Waals surface area contributed by atoms with E-state index in [1.54, 1.807) is 6.92 Å². The normalized spacial score (nSPS) is 25.3. The molecule has 1 fully saturated rings. The highest BCUT2D eigenvalue weighted by atomic mass is 79.9. The summed E-state index contributed by atoms with van der Waals surface area (Å²) in [5, 5.41) is 12.0. The maximum Gasteiger partial charge on any atom is 0.418 e. The molecule has 0 spiro atoms. The number of nitrogens with one attached hydrogen (secondary N) is 1. The van der Waals surface area contributed by atoms with E-state index in [2.05, 4.69) is 21.2 Å². The van der Waals surface area contributed by atoms with E-state index in [-0.39, 0.29) is 23.0 Å². The molecule has 2 rings (SSSR count). The van der Waals surface area contributed by atoms with E-state index in [1.807, 2.05) is 0 Å². The van der Waals surface area contributed by atoms with E-state index >= 15 is 0 Å². The van der Waals surface area contributed by atoms with Crippen LogP contribution in [0.5, 0.6) is 0 Å². The van der Waals surface area contributed by atoms with Gasteiger partial charge in [-0.15, -0.1) is 0 Å². The molecule has 0 aromatic heterocycles. The van der Waals surface area contributed by atoms with Gasteiger partial charge in [-0.05, 0) is 31.9 Å². The van der Waals surface area contributed by atoms with Crippen molar-refractivity contribution >= 4 is 33.2 Å². The molecule has 4 nitrogen and oxygen atoms in total. The van der Waals surface area contributed by atoms with Crippen molar-refractivity contribution in [1.82, 2.24) is 0 Å². The average molecular weight is 367 g/mol. The Morgan fingerprint density at radius 1 is 1.48 bits per heavy atom. The molecular weight excluding hydrogens is 353 g/mol. The van der Waals surface area contributed by atoms with Crippen molar-refractivity contribution < 1.29 is 23.1 Å². The zero-order valence-electron chi connectivity index (χ0n) is 11.1. The number of nitrogen functional groups attached to an aromatic ring is 1. The van der Waals surface area contributed by atoms with Crippen molar-refractivity contribution in [3.05, 3.63) is 22.2 Å². The molecule has 1 aromatic carbocycles. The molecule has 1 aliphatic rings. The van der Waals surface area contributed by atoms with Crippen LogP contribution in [0.25, 0.3) is 0 Å². The number of alkyl halides is 3. The van der Waals surface area contributed by atoms with Crippen LogP contribution >= 0.6 is 15.9 Å². The molecule has 1 aromatic rings. The van der Waals surface area contributed by atoms with Crippen LogP contribution in [0.3, 0.4) is 0 Å². The van der Waals surface area contributed by atoms with Gasteiger partial charge in [0.25, 0.3) is 0 Å². The third-order valence-electron chi connectivity index (χ3n) is 3.45. The second-order valence-electron chi connectivity index (χ2n) is 5.50. The molecule has 0 unspecified atom stereocenters. The summed E-state index contributed by atoms with van der Waals surface area (Å²) in [6, 6.07) is 2.18. The van der Waals surface area contributed by atoms with Gasteiger partial charge in [-0.3, -0.25) is 4.79 Å². The molecule has 0 bridgehead atoms. The van der Waals surface area contributed by atoms with Gasteiger partial charge in [-0.2, -0.15) is 13.2 Å². The van der Waals surface area contributed by atoms with E-state index in [0.717, 1.165) is 6.07 Å². The van der Waals surface area contributed by atoms with Crippen molar-refractivity contribution in [3.8, 4) is 0 Å². The summed E-state index contributed by atoms with van der Waals surface area (Å²) in [6.07, 6.45) is -4.05. The number of rotatable bonds is 2. The standard InChI is InChI=1S/C13H14BrF3N2O2/c1-12(21)4-6(5-12)11(20)19-9-3-7(14)2-8(10(9)18)13(15,16)17/h2-3,6,21H,4-5,18H2,1H3,(H,19,20)/t6-,12+. The molecule has 1 amide bonds. The summed E-state index contributed by atoms with van der Waals surface area (Å²) < 4.78 is 38.7. The Hall–Kier alpha value is -1.28. The molecular formula is C13H14BrF3N2O2. The highest BCUT2D eigenvalue weighted by molar-refractivity contribution is 9.10. The van der Waals surface area contributed by atoms with Crippen LogP contribution in [0.2, 0.25) is 0 Å². The lowest BCUT2D eigenvalue weighted by atomic mass is 9.72. The van der Waals surface area contributed by atoms with Crippen molar-refractivity contribution in [2.45, 2.75) is 31.5 Å². The summed E-state index contributed by atoms with van der Waals surface area (Å²) in [6.45, 7) is 1.60.